The van der Waals surface area contributed by atoms with E-state index >= 15 is 0 Å². The van der Waals surface area contributed by atoms with Crippen LogP contribution < -0.4 is 15.4 Å². The molecule has 2 aliphatic heterocycles. The Labute approximate surface area is 249 Å². The van der Waals surface area contributed by atoms with Crippen molar-refractivity contribution in [2.45, 2.75) is 64.0 Å². The third-order valence-corrected chi connectivity index (χ3v) is 9.72. The topological polar surface area (TPSA) is 112 Å². The van der Waals surface area contributed by atoms with Crippen molar-refractivity contribution >= 4 is 38.9 Å². The fourth-order valence-corrected chi connectivity index (χ4v) is 6.61. The molecule has 0 unspecified atom stereocenters. The van der Waals surface area contributed by atoms with Crippen LogP contribution in [0.15, 0.2) is 46.3 Å². The summed E-state index contributed by atoms with van der Waals surface area (Å²) in [7, 11) is 1.52. The van der Waals surface area contributed by atoms with Gasteiger partial charge in [0.05, 0.1) is 35.3 Å². The standard InChI is InChI=1S/C31H41N7O3S/c1-19(2)41-27-17-23(22-12-14-38(7)15-13-22)20(3)16-25(27)34-31-35-26-18-32-21(4)29(26)30(36-31)33-24-10-8-9-11-28(24)42(39,40)37(5)6/h8-11,16-17,19,22H,12-15,18H2,1-7H3,(H2,33,34,35,36). The second kappa shape index (κ2) is 12.0. The number of aromatic nitrogens is 2. The van der Waals surface area contributed by atoms with E-state index in [2.05, 4.69) is 46.6 Å². The highest BCUT2D eigenvalue weighted by atomic mass is 32.2. The smallest absolute Gasteiger partial charge is 0.244 e. The average Bonchev–Trinajstić information content (AvgIpc) is 3.31. The SMILES string of the molecule is CC1=NCc2nc(Nc3cc(C)c(C4CCN(C)CC4)cc3OC(C)C)nc(Nc3ccccc3S(=O)(=O)N(C)C)c21. The molecule has 0 aliphatic carbocycles. The van der Waals surface area contributed by atoms with E-state index < -0.39 is 10.0 Å². The van der Waals surface area contributed by atoms with Crippen LogP contribution in [-0.4, -0.2) is 73.6 Å². The van der Waals surface area contributed by atoms with E-state index in [-0.39, 0.29) is 11.0 Å². The minimum Gasteiger partial charge on any atom is -0.489 e. The van der Waals surface area contributed by atoms with Gasteiger partial charge in [-0.2, -0.15) is 4.98 Å². The maximum atomic E-state index is 13.1. The molecule has 2 aliphatic rings. The molecule has 10 nitrogen and oxygen atoms in total. The van der Waals surface area contributed by atoms with Crippen molar-refractivity contribution in [1.29, 1.82) is 0 Å². The van der Waals surface area contributed by atoms with E-state index in [1.54, 1.807) is 24.3 Å². The number of hydrogen-bond donors (Lipinski definition) is 2. The van der Waals surface area contributed by atoms with Gasteiger partial charge in [-0.05, 0) is 102 Å². The van der Waals surface area contributed by atoms with Crippen LogP contribution in [0.5, 0.6) is 5.75 Å². The molecule has 5 rings (SSSR count). The maximum Gasteiger partial charge on any atom is 0.244 e. The second-order valence-corrected chi connectivity index (χ2v) is 13.7. The largest absolute Gasteiger partial charge is 0.489 e. The van der Waals surface area contributed by atoms with Crippen LogP contribution in [0.4, 0.5) is 23.1 Å². The molecule has 11 heteroatoms. The molecule has 1 saturated heterocycles. The van der Waals surface area contributed by atoms with E-state index in [1.165, 1.54) is 29.5 Å². The van der Waals surface area contributed by atoms with Crippen molar-refractivity contribution in [3.8, 4) is 5.75 Å². The lowest BCUT2D eigenvalue weighted by Gasteiger charge is -2.30. The van der Waals surface area contributed by atoms with Gasteiger partial charge in [-0.1, -0.05) is 12.1 Å². The Hall–Kier alpha value is -3.54. The predicted octanol–water partition coefficient (Wildman–Crippen LogP) is 5.44. The van der Waals surface area contributed by atoms with E-state index in [0.29, 0.717) is 29.9 Å². The number of likely N-dealkylation sites (tertiary alicyclic amines) is 1. The second-order valence-electron chi connectivity index (χ2n) is 11.6. The Bertz CT molecular complexity index is 1610. The van der Waals surface area contributed by atoms with Crippen LogP contribution in [0, 0.1) is 6.92 Å². The molecule has 3 heterocycles. The number of nitrogens with zero attached hydrogens (tertiary/aromatic N) is 5. The van der Waals surface area contributed by atoms with Gasteiger partial charge < -0.3 is 20.3 Å². The number of nitrogens with one attached hydrogen (secondary N) is 2. The van der Waals surface area contributed by atoms with E-state index in [9.17, 15) is 8.42 Å². The zero-order valence-electron chi connectivity index (χ0n) is 25.5. The summed E-state index contributed by atoms with van der Waals surface area (Å²) in [6, 6.07) is 11.1. The van der Waals surface area contributed by atoms with Gasteiger partial charge >= 0.3 is 0 Å². The van der Waals surface area contributed by atoms with Crippen molar-refractivity contribution < 1.29 is 13.2 Å². The molecule has 3 aromatic rings. The van der Waals surface area contributed by atoms with Crippen molar-refractivity contribution in [3.63, 3.8) is 0 Å². The Balaban J connectivity index is 1.53. The first-order chi connectivity index (χ1) is 19.9. The highest BCUT2D eigenvalue weighted by molar-refractivity contribution is 7.89. The van der Waals surface area contributed by atoms with Crippen LogP contribution in [-0.2, 0) is 16.6 Å². The summed E-state index contributed by atoms with van der Waals surface area (Å²) in [6.45, 7) is 10.7. The number of hydrogen-bond acceptors (Lipinski definition) is 9. The fraction of sp³-hybridized carbons (Fsp3) is 0.452. The summed E-state index contributed by atoms with van der Waals surface area (Å²) < 4.78 is 33.6. The first kappa shape index (κ1) is 29.9. The maximum absolute atomic E-state index is 13.1. The van der Waals surface area contributed by atoms with E-state index in [4.69, 9.17) is 14.7 Å². The average molecular weight is 592 g/mol. The third-order valence-electron chi connectivity index (χ3n) is 7.85. The predicted molar refractivity (Wildman–Crippen MR) is 168 cm³/mol. The summed E-state index contributed by atoms with van der Waals surface area (Å²) in [5.41, 5.74) is 6.09. The van der Waals surface area contributed by atoms with Gasteiger partial charge in [-0.3, -0.25) is 4.99 Å². The number of anilines is 4. The lowest BCUT2D eigenvalue weighted by molar-refractivity contribution is 0.241. The number of fused-ring (bicyclic) bond motifs is 1. The number of piperidine rings is 1. The molecule has 0 amide bonds. The van der Waals surface area contributed by atoms with Crippen LogP contribution in [0.3, 0.4) is 0 Å². The number of para-hydroxylation sites is 1. The normalized spacial score (nSPS) is 16.1. The van der Waals surface area contributed by atoms with Crippen LogP contribution >= 0.6 is 0 Å². The van der Waals surface area contributed by atoms with Crippen molar-refractivity contribution in [3.05, 3.63) is 58.8 Å². The molecule has 1 aromatic heterocycles. The van der Waals surface area contributed by atoms with Gasteiger partial charge in [0.1, 0.15) is 16.5 Å². The molecular formula is C31H41N7O3S. The van der Waals surface area contributed by atoms with Gasteiger partial charge in [0, 0.05) is 19.8 Å². The highest BCUT2D eigenvalue weighted by Crippen LogP contribution is 2.38. The number of rotatable bonds is 9. The van der Waals surface area contributed by atoms with Gasteiger partial charge in [0.25, 0.3) is 0 Å². The molecule has 2 aromatic carbocycles. The summed E-state index contributed by atoms with van der Waals surface area (Å²) >= 11 is 0. The minimum absolute atomic E-state index is 0.0111. The van der Waals surface area contributed by atoms with Gasteiger partial charge in [0.2, 0.25) is 16.0 Å². The van der Waals surface area contributed by atoms with Gasteiger partial charge in [0.15, 0.2) is 0 Å². The first-order valence-corrected chi connectivity index (χ1v) is 15.9. The molecular weight excluding hydrogens is 550 g/mol. The van der Waals surface area contributed by atoms with E-state index in [0.717, 1.165) is 54.3 Å². The monoisotopic (exact) mass is 591 g/mol. The quantitative estimate of drug-likeness (QED) is 0.338. The fourth-order valence-electron chi connectivity index (χ4n) is 5.57. The Kier molecular flexibility index (Phi) is 8.54. The molecule has 2 N–H and O–H groups in total. The van der Waals surface area contributed by atoms with Gasteiger partial charge in [-0.15, -0.1) is 0 Å². The van der Waals surface area contributed by atoms with Crippen molar-refractivity contribution in [2.75, 3.05) is 44.9 Å². The number of aliphatic imine (C=N–C) groups is 1. The lowest BCUT2D eigenvalue weighted by atomic mass is 9.86. The molecule has 0 radical (unpaired) electrons. The first-order valence-electron chi connectivity index (χ1n) is 14.4. The van der Waals surface area contributed by atoms with Crippen LogP contribution in [0.25, 0.3) is 0 Å². The molecule has 42 heavy (non-hydrogen) atoms. The highest BCUT2D eigenvalue weighted by Gasteiger charge is 2.26. The summed E-state index contributed by atoms with van der Waals surface area (Å²) in [6.07, 6.45) is 2.24. The summed E-state index contributed by atoms with van der Waals surface area (Å²) in [5, 5.41) is 6.71. The van der Waals surface area contributed by atoms with Gasteiger partial charge in [-0.25, -0.2) is 17.7 Å². The Morgan fingerprint density at radius 3 is 2.43 bits per heavy atom. The zero-order chi connectivity index (χ0) is 30.2. The Morgan fingerprint density at radius 1 is 1.02 bits per heavy atom. The van der Waals surface area contributed by atoms with Crippen molar-refractivity contribution in [1.82, 2.24) is 19.2 Å². The summed E-state index contributed by atoms with van der Waals surface area (Å²) in [5.74, 6) is 2.14. The molecule has 1 fully saturated rings. The zero-order valence-corrected chi connectivity index (χ0v) is 26.3. The number of ether oxygens (including phenoxy) is 1. The number of benzene rings is 2. The van der Waals surface area contributed by atoms with E-state index in [1.807, 2.05) is 20.8 Å². The van der Waals surface area contributed by atoms with Crippen LogP contribution in [0.1, 0.15) is 61.9 Å². The number of aryl methyl sites for hydroxylation is 1. The minimum atomic E-state index is -3.69. The molecule has 0 spiro atoms. The molecule has 0 atom stereocenters. The number of sulfonamides is 1. The molecule has 224 valence electrons. The molecule has 0 bridgehead atoms. The van der Waals surface area contributed by atoms with Crippen molar-refractivity contribution in [2.24, 2.45) is 4.99 Å². The van der Waals surface area contributed by atoms with Crippen LogP contribution in [0.2, 0.25) is 0 Å². The lowest BCUT2D eigenvalue weighted by Crippen LogP contribution is -2.29. The summed E-state index contributed by atoms with van der Waals surface area (Å²) in [4.78, 5) is 16.8. The Morgan fingerprint density at radius 2 is 1.74 bits per heavy atom. The molecule has 0 saturated carbocycles. The third kappa shape index (κ3) is 6.13.